The molecule has 2 heterocycles. The molecule has 2 aromatic rings. The third kappa shape index (κ3) is 3.59. The summed E-state index contributed by atoms with van der Waals surface area (Å²) in [6.07, 6.45) is 1.18. The summed E-state index contributed by atoms with van der Waals surface area (Å²) in [6.45, 7) is 0.837. The highest BCUT2D eigenvalue weighted by molar-refractivity contribution is 7.99. The maximum absolute atomic E-state index is 4.65. The number of aromatic nitrogens is 1. The Morgan fingerprint density at radius 1 is 1.33 bits per heavy atom. The van der Waals surface area contributed by atoms with Crippen molar-refractivity contribution in [3.8, 4) is 0 Å². The Balaban J connectivity index is 1.69. The molecule has 3 nitrogen and oxygen atoms in total. The molecule has 0 spiro atoms. The highest BCUT2D eigenvalue weighted by Gasteiger charge is 2.18. The Kier molecular flexibility index (Phi) is 4.83. The van der Waals surface area contributed by atoms with E-state index in [4.69, 9.17) is 0 Å². The molecule has 0 radical (unpaired) electrons. The van der Waals surface area contributed by atoms with E-state index in [0.717, 1.165) is 23.1 Å². The Morgan fingerprint density at radius 3 is 3.00 bits per heavy atom. The molecule has 0 fully saturated rings. The first-order valence-corrected chi connectivity index (χ1v) is 9.28. The van der Waals surface area contributed by atoms with Crippen molar-refractivity contribution >= 4 is 28.2 Å². The Bertz CT molecular complexity index is 595. The minimum Gasteiger partial charge on any atom is -0.354 e. The second-order valence-electron chi connectivity index (χ2n) is 5.47. The fourth-order valence-corrected chi connectivity index (χ4v) is 4.38. The lowest BCUT2D eigenvalue weighted by Gasteiger charge is -2.18. The predicted molar refractivity (Wildman–Crippen MR) is 93.5 cm³/mol. The van der Waals surface area contributed by atoms with Gasteiger partial charge in [-0.15, -0.1) is 11.3 Å². The van der Waals surface area contributed by atoms with Crippen molar-refractivity contribution < 1.29 is 0 Å². The molecular weight excluding hydrogens is 298 g/mol. The van der Waals surface area contributed by atoms with Crippen LogP contribution in [0, 0.1) is 0 Å². The molecule has 1 aromatic heterocycles. The summed E-state index contributed by atoms with van der Waals surface area (Å²) in [5, 5.41) is 6.91. The first-order chi connectivity index (χ1) is 10.2. The summed E-state index contributed by atoms with van der Waals surface area (Å²) >= 11 is 3.74. The number of rotatable bonds is 4. The van der Waals surface area contributed by atoms with Crippen molar-refractivity contribution in [3.05, 3.63) is 46.5 Å². The maximum Gasteiger partial charge on any atom is 0.185 e. The van der Waals surface area contributed by atoms with Gasteiger partial charge in [-0.25, -0.2) is 4.98 Å². The minimum atomic E-state index is 0.429. The van der Waals surface area contributed by atoms with Crippen LogP contribution in [0.15, 0.2) is 29.6 Å². The zero-order chi connectivity index (χ0) is 14.7. The molecule has 1 atom stereocenters. The van der Waals surface area contributed by atoms with Crippen molar-refractivity contribution in [3.63, 3.8) is 0 Å². The molecule has 0 unspecified atom stereocenters. The Morgan fingerprint density at radius 2 is 2.19 bits per heavy atom. The molecular formula is C16H21N3S2. The molecule has 1 aromatic carbocycles. The summed E-state index contributed by atoms with van der Waals surface area (Å²) in [6, 6.07) is 9.26. The van der Waals surface area contributed by atoms with Gasteiger partial charge in [-0.05, 0) is 23.3 Å². The summed E-state index contributed by atoms with van der Waals surface area (Å²) in [5.41, 5.74) is 4.09. The van der Waals surface area contributed by atoms with Crippen LogP contribution < -0.4 is 10.2 Å². The van der Waals surface area contributed by atoms with Gasteiger partial charge < -0.3 is 10.2 Å². The lowest BCUT2D eigenvalue weighted by atomic mass is 10.00. The molecule has 0 saturated heterocycles. The van der Waals surface area contributed by atoms with Crippen LogP contribution in [0.1, 0.15) is 22.9 Å². The molecule has 0 aliphatic carbocycles. The van der Waals surface area contributed by atoms with E-state index in [0.29, 0.717) is 6.04 Å². The number of nitrogens with one attached hydrogen (secondary N) is 1. The van der Waals surface area contributed by atoms with E-state index in [-0.39, 0.29) is 0 Å². The zero-order valence-electron chi connectivity index (χ0n) is 12.5. The predicted octanol–water partition coefficient (Wildman–Crippen LogP) is 3.33. The van der Waals surface area contributed by atoms with Gasteiger partial charge in [0.1, 0.15) is 0 Å². The van der Waals surface area contributed by atoms with Crippen LogP contribution in [0.3, 0.4) is 0 Å². The Labute approximate surface area is 134 Å². The van der Waals surface area contributed by atoms with Crippen LogP contribution in [0.2, 0.25) is 0 Å². The largest absolute Gasteiger partial charge is 0.354 e. The van der Waals surface area contributed by atoms with Crippen LogP contribution in [0.5, 0.6) is 0 Å². The van der Waals surface area contributed by atoms with Crippen molar-refractivity contribution in [2.45, 2.75) is 19.0 Å². The molecule has 0 saturated carbocycles. The molecule has 0 amide bonds. The van der Waals surface area contributed by atoms with E-state index in [1.807, 2.05) is 25.9 Å². The van der Waals surface area contributed by atoms with Crippen LogP contribution in [-0.4, -0.2) is 30.6 Å². The average Bonchev–Trinajstić information content (AvgIpc) is 2.87. The highest BCUT2D eigenvalue weighted by atomic mass is 32.2. The second-order valence-corrected chi connectivity index (χ2v) is 7.46. The van der Waals surface area contributed by atoms with Crippen LogP contribution in [0.25, 0.3) is 0 Å². The van der Waals surface area contributed by atoms with Gasteiger partial charge in [0.2, 0.25) is 0 Å². The number of nitrogens with zero attached hydrogens (tertiary/aromatic N) is 2. The van der Waals surface area contributed by atoms with Gasteiger partial charge in [0.05, 0.1) is 5.69 Å². The molecule has 1 N–H and O–H groups in total. The van der Waals surface area contributed by atoms with E-state index >= 15 is 0 Å². The van der Waals surface area contributed by atoms with Gasteiger partial charge >= 0.3 is 0 Å². The van der Waals surface area contributed by atoms with Crippen LogP contribution in [0.4, 0.5) is 5.13 Å². The fraction of sp³-hybridized carbons (Fsp3) is 0.438. The van der Waals surface area contributed by atoms with Gasteiger partial charge in [0, 0.05) is 37.8 Å². The summed E-state index contributed by atoms with van der Waals surface area (Å²) in [4.78, 5) is 6.71. The number of benzene rings is 1. The summed E-state index contributed by atoms with van der Waals surface area (Å²) < 4.78 is 0. The molecule has 0 bridgehead atoms. The van der Waals surface area contributed by atoms with Gasteiger partial charge in [0.25, 0.3) is 0 Å². The highest BCUT2D eigenvalue weighted by Crippen LogP contribution is 2.28. The van der Waals surface area contributed by atoms with Gasteiger partial charge in [-0.2, -0.15) is 11.8 Å². The van der Waals surface area contributed by atoms with E-state index < -0.39 is 0 Å². The topological polar surface area (TPSA) is 28.2 Å². The standard InChI is InChI=1S/C16H21N3S2/c1-19(2)16-18-13(10-21-16)9-17-15-11-20-8-7-12-5-3-4-6-14(12)15/h3-6,10,15,17H,7-9,11H2,1-2H3/t15-/m1/s1. The first kappa shape index (κ1) is 14.9. The first-order valence-electron chi connectivity index (χ1n) is 7.24. The quantitative estimate of drug-likeness (QED) is 0.936. The number of hydrogen-bond donors (Lipinski definition) is 1. The number of anilines is 1. The number of thioether (sulfide) groups is 1. The smallest absolute Gasteiger partial charge is 0.185 e. The van der Waals surface area contributed by atoms with Gasteiger partial charge in [-0.3, -0.25) is 0 Å². The fourth-order valence-electron chi connectivity index (χ4n) is 2.55. The maximum atomic E-state index is 4.65. The van der Waals surface area contributed by atoms with E-state index in [1.54, 1.807) is 11.3 Å². The second kappa shape index (κ2) is 6.81. The van der Waals surface area contributed by atoms with Crippen molar-refractivity contribution in [1.82, 2.24) is 10.3 Å². The normalized spacial score (nSPS) is 18.1. The van der Waals surface area contributed by atoms with E-state index in [9.17, 15) is 0 Å². The third-order valence-electron chi connectivity index (χ3n) is 3.68. The Hall–Kier alpha value is -1.04. The summed E-state index contributed by atoms with van der Waals surface area (Å²) in [5.74, 6) is 2.36. The minimum absolute atomic E-state index is 0.429. The SMILES string of the molecule is CN(C)c1nc(CN[C@@H]2CSCCc3ccccc32)cs1. The zero-order valence-corrected chi connectivity index (χ0v) is 14.1. The van der Waals surface area contributed by atoms with Crippen LogP contribution in [-0.2, 0) is 13.0 Å². The number of thiazole rings is 1. The molecule has 1 aliphatic heterocycles. The third-order valence-corrected chi connectivity index (χ3v) is 5.80. The monoisotopic (exact) mass is 319 g/mol. The molecule has 5 heteroatoms. The molecule has 1 aliphatic rings. The lowest BCUT2D eigenvalue weighted by molar-refractivity contribution is 0.575. The molecule has 21 heavy (non-hydrogen) atoms. The van der Waals surface area contributed by atoms with Gasteiger partial charge in [0.15, 0.2) is 5.13 Å². The van der Waals surface area contributed by atoms with Crippen LogP contribution >= 0.6 is 23.1 Å². The van der Waals surface area contributed by atoms with Gasteiger partial charge in [-0.1, -0.05) is 24.3 Å². The molecule has 3 rings (SSSR count). The number of aryl methyl sites for hydroxylation is 1. The summed E-state index contributed by atoms with van der Waals surface area (Å²) in [7, 11) is 4.07. The lowest BCUT2D eigenvalue weighted by Crippen LogP contribution is -2.23. The average molecular weight is 319 g/mol. The van der Waals surface area contributed by atoms with E-state index in [1.165, 1.54) is 23.3 Å². The van der Waals surface area contributed by atoms with E-state index in [2.05, 4.69) is 44.8 Å². The molecule has 112 valence electrons. The van der Waals surface area contributed by atoms with Crippen molar-refractivity contribution in [1.29, 1.82) is 0 Å². The number of hydrogen-bond acceptors (Lipinski definition) is 5. The number of fused-ring (bicyclic) bond motifs is 1. The van der Waals surface area contributed by atoms with Crippen molar-refractivity contribution in [2.75, 3.05) is 30.5 Å². The van der Waals surface area contributed by atoms with Crippen molar-refractivity contribution in [2.24, 2.45) is 0 Å².